The second-order valence-electron chi connectivity index (χ2n) is 2.76. The van der Waals surface area contributed by atoms with Crippen LogP contribution in [-0.2, 0) is 6.67 Å². The number of alkyl halides is 4. The molecule has 1 rings (SSSR count). The van der Waals surface area contributed by atoms with Crippen molar-refractivity contribution < 1.29 is 32.2 Å². The fraction of sp³-hybridized carbons (Fsp3) is 0.250. The monoisotopic (exact) mass is 365 g/mol. The van der Waals surface area contributed by atoms with Gasteiger partial charge in [-0.1, -0.05) is 0 Å². The normalized spacial score (nSPS) is 11.4. The molecule has 1 aromatic rings. The summed E-state index contributed by atoms with van der Waals surface area (Å²) < 4.78 is 51.6. The maximum absolute atomic E-state index is 12.3. The van der Waals surface area contributed by atoms with Crippen molar-refractivity contribution in [2.75, 3.05) is 0 Å². The molecule has 0 unspecified atom stereocenters. The molecule has 1 aromatic heterocycles. The molecule has 0 atom stereocenters. The van der Waals surface area contributed by atoms with Crippen LogP contribution in [0.5, 0.6) is 5.75 Å². The van der Waals surface area contributed by atoms with Gasteiger partial charge in [0.05, 0.1) is 5.69 Å². The van der Waals surface area contributed by atoms with Crippen molar-refractivity contribution in [3.63, 3.8) is 0 Å². The van der Waals surface area contributed by atoms with E-state index in [0.717, 1.165) is 0 Å². The average molecular weight is 365 g/mol. The molecule has 17 heavy (non-hydrogen) atoms. The lowest BCUT2D eigenvalue weighted by molar-refractivity contribution is -0.274. The highest BCUT2D eigenvalue weighted by Gasteiger charge is 2.34. The van der Waals surface area contributed by atoms with E-state index >= 15 is 0 Å². The predicted octanol–water partition coefficient (Wildman–Crippen LogP) is 2.75. The summed E-state index contributed by atoms with van der Waals surface area (Å²) in [6.45, 7) is -1.12. The van der Waals surface area contributed by atoms with Gasteiger partial charge >= 0.3 is 12.3 Å². The lowest BCUT2D eigenvalue weighted by Gasteiger charge is -2.12. The smallest absolute Gasteiger partial charge is 0.477 e. The first-order valence-electron chi connectivity index (χ1n) is 3.99. The Morgan fingerprint density at radius 3 is 2.53 bits per heavy atom. The summed E-state index contributed by atoms with van der Waals surface area (Å²) >= 11 is 1.40. The number of hydrogen-bond acceptors (Lipinski definition) is 3. The summed E-state index contributed by atoms with van der Waals surface area (Å²) in [5, 5.41) is 8.72. The quantitative estimate of drug-likeness (QED) is 0.509. The second kappa shape index (κ2) is 5.02. The minimum absolute atomic E-state index is 0.274. The van der Waals surface area contributed by atoms with E-state index in [4.69, 9.17) is 5.11 Å². The molecule has 1 N–H and O–H groups in total. The highest BCUT2D eigenvalue weighted by molar-refractivity contribution is 14.1. The zero-order valence-electron chi connectivity index (χ0n) is 7.89. The largest absolute Gasteiger partial charge is 0.573 e. The second-order valence-corrected chi connectivity index (χ2v) is 3.79. The van der Waals surface area contributed by atoms with Crippen LogP contribution in [-0.4, -0.2) is 22.4 Å². The number of hydrogen-bond donors (Lipinski definition) is 1. The minimum atomic E-state index is -5.05. The third kappa shape index (κ3) is 3.68. The van der Waals surface area contributed by atoms with Crippen LogP contribution in [0, 0.1) is 3.70 Å². The van der Waals surface area contributed by atoms with Gasteiger partial charge in [0, 0.05) is 6.07 Å². The first kappa shape index (κ1) is 13.9. The number of aromatic carboxylic acids is 1. The molecular weight excluding hydrogens is 361 g/mol. The van der Waals surface area contributed by atoms with E-state index in [2.05, 4.69) is 9.72 Å². The molecule has 0 bridgehead atoms. The summed E-state index contributed by atoms with van der Waals surface area (Å²) in [7, 11) is 0. The average Bonchev–Trinajstić information content (AvgIpc) is 2.13. The summed E-state index contributed by atoms with van der Waals surface area (Å²) in [6.07, 6.45) is -5.05. The molecule has 94 valence electrons. The van der Waals surface area contributed by atoms with Gasteiger partial charge in [-0.2, -0.15) is 0 Å². The van der Waals surface area contributed by atoms with Crippen molar-refractivity contribution in [3.8, 4) is 5.75 Å². The van der Waals surface area contributed by atoms with Crippen LogP contribution >= 0.6 is 22.6 Å². The molecule has 1 heterocycles. The Morgan fingerprint density at radius 2 is 2.12 bits per heavy atom. The topological polar surface area (TPSA) is 59.4 Å². The number of rotatable bonds is 3. The van der Waals surface area contributed by atoms with Gasteiger partial charge in [0.25, 0.3) is 0 Å². The molecule has 9 heteroatoms. The van der Waals surface area contributed by atoms with Crippen LogP contribution in [0.4, 0.5) is 17.6 Å². The summed E-state index contributed by atoms with van der Waals surface area (Å²) in [4.78, 5) is 14.2. The molecular formula is C8H4F4INO3. The number of ether oxygens (including phenoxy) is 1. The first-order chi connectivity index (χ1) is 7.74. The van der Waals surface area contributed by atoms with Crippen LogP contribution in [0.1, 0.15) is 16.1 Å². The molecule has 0 radical (unpaired) electrons. The van der Waals surface area contributed by atoms with E-state index in [1.165, 1.54) is 22.6 Å². The summed E-state index contributed by atoms with van der Waals surface area (Å²) in [5.41, 5.74) is -1.08. The fourth-order valence-corrected chi connectivity index (χ4v) is 1.81. The van der Waals surface area contributed by atoms with Gasteiger partial charge in [-0.25, -0.2) is 14.2 Å². The lowest BCUT2D eigenvalue weighted by atomic mass is 10.2. The van der Waals surface area contributed by atoms with Gasteiger partial charge in [-0.05, 0) is 22.6 Å². The van der Waals surface area contributed by atoms with Crippen LogP contribution < -0.4 is 4.74 Å². The molecule has 0 aromatic carbocycles. The molecule has 0 aliphatic rings. The number of pyridine rings is 1. The van der Waals surface area contributed by atoms with E-state index in [1.807, 2.05) is 0 Å². The van der Waals surface area contributed by atoms with E-state index in [9.17, 15) is 22.4 Å². The number of carboxylic acid groups (broad SMARTS) is 1. The Kier molecular flexibility index (Phi) is 4.11. The van der Waals surface area contributed by atoms with E-state index in [-0.39, 0.29) is 9.39 Å². The predicted molar refractivity (Wildman–Crippen MR) is 55.4 cm³/mol. The minimum Gasteiger partial charge on any atom is -0.477 e. The zero-order valence-corrected chi connectivity index (χ0v) is 10.0. The highest BCUT2D eigenvalue weighted by atomic mass is 127. The summed E-state index contributed by atoms with van der Waals surface area (Å²) in [6, 6.07) is 0.610. The van der Waals surface area contributed by atoms with Gasteiger partial charge in [-0.15, -0.1) is 13.2 Å². The van der Waals surface area contributed by atoms with Crippen LogP contribution in [0.3, 0.4) is 0 Å². The highest BCUT2D eigenvalue weighted by Crippen LogP contribution is 2.29. The van der Waals surface area contributed by atoms with Crippen molar-refractivity contribution in [2.24, 2.45) is 0 Å². The number of nitrogens with zero attached hydrogens (tertiary/aromatic N) is 1. The van der Waals surface area contributed by atoms with Crippen LogP contribution in [0.25, 0.3) is 0 Å². The van der Waals surface area contributed by atoms with Crippen molar-refractivity contribution in [2.45, 2.75) is 13.0 Å². The molecule has 0 aliphatic heterocycles. The van der Waals surface area contributed by atoms with Gasteiger partial charge in [0.2, 0.25) is 0 Å². The number of carboxylic acids is 1. The lowest BCUT2D eigenvalue weighted by Crippen LogP contribution is -2.20. The first-order valence-corrected chi connectivity index (χ1v) is 5.07. The SMILES string of the molecule is O=C(O)c1c(OC(F)(F)F)cc(CF)nc1I. The van der Waals surface area contributed by atoms with Crippen molar-refractivity contribution in [1.82, 2.24) is 4.98 Å². The Morgan fingerprint density at radius 1 is 1.53 bits per heavy atom. The van der Waals surface area contributed by atoms with Gasteiger partial charge in [-0.3, -0.25) is 0 Å². The fourth-order valence-electron chi connectivity index (χ4n) is 1.01. The number of carbonyl (C=O) groups is 1. The van der Waals surface area contributed by atoms with E-state index < -0.39 is 30.3 Å². The van der Waals surface area contributed by atoms with Crippen LogP contribution in [0.15, 0.2) is 6.07 Å². The van der Waals surface area contributed by atoms with Crippen LogP contribution in [0.2, 0.25) is 0 Å². The van der Waals surface area contributed by atoms with E-state index in [0.29, 0.717) is 6.07 Å². The Balaban J connectivity index is 3.32. The molecule has 0 spiro atoms. The van der Waals surface area contributed by atoms with Gasteiger partial charge in [0.15, 0.2) is 0 Å². The molecule has 4 nitrogen and oxygen atoms in total. The van der Waals surface area contributed by atoms with Crippen molar-refractivity contribution in [1.29, 1.82) is 0 Å². The van der Waals surface area contributed by atoms with Crippen molar-refractivity contribution >= 4 is 28.6 Å². The third-order valence-corrected chi connectivity index (χ3v) is 2.35. The van der Waals surface area contributed by atoms with Crippen molar-refractivity contribution in [3.05, 3.63) is 21.0 Å². The number of aromatic nitrogens is 1. The Bertz CT molecular complexity index is 449. The third-order valence-electron chi connectivity index (χ3n) is 1.57. The molecule has 0 saturated carbocycles. The molecule has 0 aliphatic carbocycles. The Hall–Kier alpha value is -1.13. The maximum atomic E-state index is 12.3. The number of halogens is 5. The molecule has 0 saturated heterocycles. The van der Waals surface area contributed by atoms with Gasteiger partial charge < -0.3 is 9.84 Å². The van der Waals surface area contributed by atoms with Gasteiger partial charge in [0.1, 0.15) is 21.7 Å². The standard InChI is InChI=1S/C8H4F4INO3/c9-2-3-1-4(17-8(10,11)12)5(7(15)16)6(13)14-3/h1H,2H2,(H,15,16). The van der Waals surface area contributed by atoms with E-state index in [1.54, 1.807) is 0 Å². The molecule has 0 fully saturated rings. The maximum Gasteiger partial charge on any atom is 0.573 e. The summed E-state index contributed by atoms with van der Waals surface area (Å²) in [5.74, 6) is -2.61. The Labute approximate surface area is 106 Å². The molecule has 0 amide bonds. The zero-order chi connectivity index (χ0) is 13.2.